The van der Waals surface area contributed by atoms with Gasteiger partial charge in [0.2, 0.25) is 17.6 Å². The molecule has 45 heavy (non-hydrogen) atoms. The van der Waals surface area contributed by atoms with E-state index in [0.29, 0.717) is 35.6 Å². The minimum absolute atomic E-state index is 0.0205. The molecule has 3 aromatic rings. The fourth-order valence-electron chi connectivity index (χ4n) is 6.22. The Hall–Kier alpha value is -4.18. The van der Waals surface area contributed by atoms with Crippen LogP contribution in [0.4, 0.5) is 0 Å². The van der Waals surface area contributed by atoms with E-state index in [2.05, 4.69) is 21.3 Å². The van der Waals surface area contributed by atoms with Gasteiger partial charge in [-0.2, -0.15) is 0 Å². The van der Waals surface area contributed by atoms with Gasteiger partial charge in [-0.1, -0.05) is 80.1 Å². The number of rotatable bonds is 12. The number of ketones is 1. The molecule has 2 aromatic carbocycles. The van der Waals surface area contributed by atoms with E-state index in [1.165, 1.54) is 0 Å². The number of para-hydroxylation sites is 1. The predicted octanol–water partition coefficient (Wildman–Crippen LogP) is 4.44. The summed E-state index contributed by atoms with van der Waals surface area (Å²) >= 11 is 6.21. The van der Waals surface area contributed by atoms with Crippen LogP contribution in [0.15, 0.2) is 59.0 Å². The predicted molar refractivity (Wildman–Crippen MR) is 169 cm³/mol. The topological polar surface area (TPSA) is 147 Å². The third-order valence-corrected chi connectivity index (χ3v) is 9.11. The van der Waals surface area contributed by atoms with Crippen LogP contribution >= 0.6 is 11.6 Å². The molecule has 3 atom stereocenters. The maximum atomic E-state index is 13.9. The van der Waals surface area contributed by atoms with Gasteiger partial charge in [0, 0.05) is 29.4 Å². The maximum absolute atomic E-state index is 13.9. The van der Waals surface area contributed by atoms with Crippen LogP contribution in [-0.2, 0) is 25.7 Å². The van der Waals surface area contributed by atoms with Crippen LogP contribution in [0.25, 0.3) is 11.0 Å². The van der Waals surface area contributed by atoms with Crippen molar-refractivity contribution in [2.75, 3.05) is 6.54 Å². The maximum Gasteiger partial charge on any atom is 0.289 e. The number of carbonyl (C=O) groups is 5. The Morgan fingerprint density at radius 3 is 2.40 bits per heavy atom. The zero-order chi connectivity index (χ0) is 31.8. The molecule has 1 aromatic heterocycles. The number of carbonyl (C=O) groups excluding carboxylic acids is 5. The summed E-state index contributed by atoms with van der Waals surface area (Å²) in [6.45, 7) is 0.558. The van der Waals surface area contributed by atoms with E-state index < -0.39 is 41.5 Å². The summed E-state index contributed by atoms with van der Waals surface area (Å²) in [5.41, 5.74) is 1.18. The lowest BCUT2D eigenvalue weighted by Crippen LogP contribution is -2.55. The second-order valence-corrected chi connectivity index (χ2v) is 12.4. The molecule has 0 spiro atoms. The molecule has 0 radical (unpaired) electrons. The van der Waals surface area contributed by atoms with Crippen LogP contribution < -0.4 is 21.3 Å². The number of nitrogens with one attached hydrogen (secondary N) is 4. The number of hydrogen-bond acceptors (Lipinski definition) is 6. The summed E-state index contributed by atoms with van der Waals surface area (Å²) in [6, 6.07) is 13.6. The van der Waals surface area contributed by atoms with E-state index in [1.54, 1.807) is 42.5 Å². The molecule has 1 aliphatic carbocycles. The Bertz CT molecular complexity index is 1520. The zero-order valence-electron chi connectivity index (χ0n) is 25.1. The van der Waals surface area contributed by atoms with Crippen LogP contribution in [0.3, 0.4) is 0 Å². The van der Waals surface area contributed by atoms with E-state index >= 15 is 0 Å². The molecule has 0 bridgehead atoms. The summed E-state index contributed by atoms with van der Waals surface area (Å²) in [6.07, 6.45) is 6.66. The fourth-order valence-corrected chi connectivity index (χ4v) is 6.42. The lowest BCUT2D eigenvalue weighted by atomic mass is 9.84. The fraction of sp³-hybridized carbons (Fsp3) is 0.441. The highest BCUT2D eigenvalue weighted by Crippen LogP contribution is 2.28. The Morgan fingerprint density at radius 1 is 0.889 bits per heavy atom. The lowest BCUT2D eigenvalue weighted by Gasteiger charge is -2.29. The van der Waals surface area contributed by atoms with Gasteiger partial charge in [0.15, 0.2) is 5.76 Å². The first-order valence-corrected chi connectivity index (χ1v) is 16.1. The van der Waals surface area contributed by atoms with Gasteiger partial charge in [0.05, 0.1) is 6.04 Å². The van der Waals surface area contributed by atoms with Gasteiger partial charge in [-0.05, 0) is 55.4 Å². The van der Waals surface area contributed by atoms with Crippen LogP contribution in [0, 0.1) is 11.8 Å². The third-order valence-electron chi connectivity index (χ3n) is 8.74. The van der Waals surface area contributed by atoms with Gasteiger partial charge < -0.3 is 25.7 Å². The Balaban J connectivity index is 1.33. The molecule has 2 aliphatic rings. The van der Waals surface area contributed by atoms with Crippen molar-refractivity contribution < 1.29 is 28.4 Å². The van der Waals surface area contributed by atoms with Crippen molar-refractivity contribution in [2.24, 2.45) is 11.8 Å². The molecule has 1 aliphatic heterocycles. The molecule has 1 saturated heterocycles. The van der Waals surface area contributed by atoms with Crippen molar-refractivity contribution in [1.82, 2.24) is 21.3 Å². The molecular weight excluding hydrogens is 596 g/mol. The van der Waals surface area contributed by atoms with Gasteiger partial charge in [0.1, 0.15) is 11.6 Å². The van der Waals surface area contributed by atoms with Crippen molar-refractivity contribution >= 4 is 52.0 Å². The quantitative estimate of drug-likeness (QED) is 0.217. The second kappa shape index (κ2) is 15.2. The summed E-state index contributed by atoms with van der Waals surface area (Å²) in [4.78, 5) is 66.4. The molecule has 11 heteroatoms. The monoisotopic (exact) mass is 634 g/mol. The number of fused-ring (bicyclic) bond motifs is 1. The Kier molecular flexibility index (Phi) is 10.9. The number of piperidine rings is 1. The van der Waals surface area contributed by atoms with Gasteiger partial charge in [-0.3, -0.25) is 24.0 Å². The largest absolute Gasteiger partial charge is 0.451 e. The Morgan fingerprint density at radius 2 is 1.64 bits per heavy atom. The summed E-state index contributed by atoms with van der Waals surface area (Å²) in [7, 11) is 0. The smallest absolute Gasteiger partial charge is 0.289 e. The first-order valence-electron chi connectivity index (χ1n) is 15.7. The number of hydrogen-bond donors (Lipinski definition) is 4. The minimum atomic E-state index is -1.27. The average molecular weight is 635 g/mol. The minimum Gasteiger partial charge on any atom is -0.451 e. The van der Waals surface area contributed by atoms with Crippen LogP contribution in [-0.4, -0.2) is 48.0 Å². The molecule has 2 fully saturated rings. The Labute approximate surface area is 267 Å². The first-order chi connectivity index (χ1) is 21.8. The van der Waals surface area contributed by atoms with Gasteiger partial charge in [-0.15, -0.1) is 0 Å². The van der Waals surface area contributed by atoms with Gasteiger partial charge in [-0.25, -0.2) is 0 Å². The van der Waals surface area contributed by atoms with E-state index in [-0.39, 0.29) is 30.6 Å². The first kappa shape index (κ1) is 32.2. The zero-order valence-corrected chi connectivity index (χ0v) is 25.9. The summed E-state index contributed by atoms with van der Waals surface area (Å²) < 4.78 is 5.73. The normalized spacial score (nSPS) is 18.4. The SMILES string of the molecule is O=C(NCc1ccccc1Cl)C(=O)[C@H](C[C@@H]1CCCNC1=O)NC(=O)[C@H](CC1CCCCC1)NC(=O)c1cc2ccccc2o1. The van der Waals surface area contributed by atoms with E-state index in [1.807, 2.05) is 12.1 Å². The molecule has 4 N–H and O–H groups in total. The number of benzene rings is 2. The molecule has 1 saturated carbocycles. The third kappa shape index (κ3) is 8.51. The number of Topliss-reactive ketones (excluding diaryl/α,β-unsaturated/α-hetero) is 1. The van der Waals surface area contributed by atoms with E-state index in [9.17, 15) is 24.0 Å². The molecule has 5 rings (SSSR count). The van der Waals surface area contributed by atoms with Crippen LogP contribution in [0.2, 0.25) is 5.02 Å². The molecular formula is C34H39ClN4O6. The van der Waals surface area contributed by atoms with Crippen molar-refractivity contribution in [2.45, 2.75) is 76.4 Å². The number of halogens is 1. The summed E-state index contributed by atoms with van der Waals surface area (Å²) in [5.74, 6) is -3.38. The van der Waals surface area contributed by atoms with E-state index in [0.717, 1.165) is 43.9 Å². The average Bonchev–Trinajstić information content (AvgIpc) is 3.49. The highest BCUT2D eigenvalue weighted by molar-refractivity contribution is 6.38. The van der Waals surface area contributed by atoms with Crippen LogP contribution in [0.1, 0.15) is 73.9 Å². The van der Waals surface area contributed by atoms with Crippen molar-refractivity contribution in [3.8, 4) is 0 Å². The molecule has 238 valence electrons. The highest BCUT2D eigenvalue weighted by atomic mass is 35.5. The van der Waals surface area contributed by atoms with Crippen molar-refractivity contribution in [3.05, 3.63) is 70.9 Å². The number of furan rings is 1. The molecule has 0 unspecified atom stereocenters. The number of amides is 4. The van der Waals surface area contributed by atoms with Gasteiger partial charge in [0.25, 0.3) is 11.8 Å². The molecule has 4 amide bonds. The molecule has 2 heterocycles. The van der Waals surface area contributed by atoms with E-state index in [4.69, 9.17) is 16.0 Å². The van der Waals surface area contributed by atoms with Gasteiger partial charge >= 0.3 is 0 Å². The summed E-state index contributed by atoms with van der Waals surface area (Å²) in [5, 5.41) is 12.2. The second-order valence-electron chi connectivity index (χ2n) is 12.0. The highest BCUT2D eigenvalue weighted by Gasteiger charge is 2.36. The standard InChI is InChI=1S/C34H39ClN4O6/c35-25-14-6-4-12-24(25)20-37-34(44)30(40)26(18-23-13-8-16-36-31(23)41)38-32(42)27(17-21-9-2-1-3-10-21)39-33(43)29-19-22-11-5-7-15-28(22)45-29/h4-7,11-12,14-15,19,21,23,26-27H,1-3,8-10,13,16-18,20H2,(H,36,41)(H,37,44)(H,38,42)(H,39,43)/t23-,26-,27-/m0/s1. The lowest BCUT2D eigenvalue weighted by molar-refractivity contribution is -0.141. The van der Waals surface area contributed by atoms with Crippen molar-refractivity contribution in [1.29, 1.82) is 0 Å². The van der Waals surface area contributed by atoms with Crippen molar-refractivity contribution in [3.63, 3.8) is 0 Å². The molecule has 10 nitrogen and oxygen atoms in total. The van der Waals surface area contributed by atoms with Crippen LogP contribution in [0.5, 0.6) is 0 Å².